The van der Waals surface area contributed by atoms with Crippen LogP contribution in [-0.4, -0.2) is 36.0 Å². The molecule has 0 radical (unpaired) electrons. The lowest BCUT2D eigenvalue weighted by Gasteiger charge is -2.23. The van der Waals surface area contributed by atoms with Crippen LogP contribution in [0.3, 0.4) is 0 Å². The Kier molecular flexibility index (Phi) is 7.34. The Labute approximate surface area is 158 Å². The van der Waals surface area contributed by atoms with Gasteiger partial charge in [0.2, 0.25) is 5.91 Å². The third-order valence-corrected chi connectivity index (χ3v) is 4.27. The molecule has 0 bridgehead atoms. The number of anilines is 1. The van der Waals surface area contributed by atoms with Crippen LogP contribution in [0.2, 0.25) is 0 Å². The Morgan fingerprint density at radius 2 is 1.67 bits per heavy atom. The maximum Gasteiger partial charge on any atom is 0.338 e. The molecule has 8 nitrogen and oxygen atoms in total. The summed E-state index contributed by atoms with van der Waals surface area (Å²) in [7, 11) is 0. The highest BCUT2D eigenvalue weighted by Crippen LogP contribution is 2.17. The molecule has 1 aromatic rings. The van der Waals surface area contributed by atoms with E-state index in [0.29, 0.717) is 5.69 Å². The molecule has 1 aromatic carbocycles. The molecule has 1 fully saturated rings. The highest BCUT2D eigenvalue weighted by atomic mass is 16.5. The number of hydrogen-bond donors (Lipinski definition) is 3. The standard InChI is InChI=1S/C19H25N3O5/c1-12(17(24)22-19(26)21-15-6-4-3-5-7-15)27-18(25)14-8-10-16(11-9-14)20-13(2)23/h8-12,15H,3-7H2,1-2H3,(H,20,23)(H2,21,22,24,26)/t12-/m0/s1. The van der Waals surface area contributed by atoms with E-state index >= 15 is 0 Å². The topological polar surface area (TPSA) is 114 Å². The predicted octanol–water partition coefficient (Wildman–Crippen LogP) is 2.35. The minimum Gasteiger partial charge on any atom is -0.449 e. The Hall–Kier alpha value is -2.90. The number of nitrogens with one attached hydrogen (secondary N) is 3. The summed E-state index contributed by atoms with van der Waals surface area (Å²) in [5.41, 5.74) is 0.777. The molecule has 27 heavy (non-hydrogen) atoms. The second-order valence-electron chi connectivity index (χ2n) is 6.60. The third kappa shape index (κ3) is 6.73. The SMILES string of the molecule is CC(=O)Nc1ccc(C(=O)O[C@@H](C)C(=O)NC(=O)NC2CCCCC2)cc1. The van der Waals surface area contributed by atoms with Crippen LogP contribution >= 0.6 is 0 Å². The Morgan fingerprint density at radius 3 is 2.26 bits per heavy atom. The van der Waals surface area contributed by atoms with E-state index in [9.17, 15) is 19.2 Å². The summed E-state index contributed by atoms with van der Waals surface area (Å²) in [5, 5.41) is 7.55. The fourth-order valence-electron chi connectivity index (χ4n) is 2.86. The zero-order valence-electron chi connectivity index (χ0n) is 15.5. The highest BCUT2D eigenvalue weighted by molar-refractivity contribution is 5.98. The Morgan fingerprint density at radius 1 is 1.04 bits per heavy atom. The van der Waals surface area contributed by atoms with Gasteiger partial charge in [0.15, 0.2) is 6.10 Å². The summed E-state index contributed by atoms with van der Waals surface area (Å²) in [5.74, 6) is -1.60. The first kappa shape index (κ1) is 20.4. The summed E-state index contributed by atoms with van der Waals surface area (Å²) in [4.78, 5) is 47.0. The molecule has 0 heterocycles. The van der Waals surface area contributed by atoms with Gasteiger partial charge >= 0.3 is 12.0 Å². The van der Waals surface area contributed by atoms with Gasteiger partial charge in [0.1, 0.15) is 0 Å². The first-order valence-corrected chi connectivity index (χ1v) is 9.05. The number of imide groups is 1. The quantitative estimate of drug-likeness (QED) is 0.684. The second kappa shape index (κ2) is 9.70. The van der Waals surface area contributed by atoms with Gasteiger partial charge in [0, 0.05) is 18.7 Å². The summed E-state index contributed by atoms with van der Waals surface area (Å²) < 4.78 is 5.09. The fourth-order valence-corrected chi connectivity index (χ4v) is 2.86. The zero-order valence-corrected chi connectivity index (χ0v) is 15.5. The van der Waals surface area contributed by atoms with Gasteiger partial charge in [-0.3, -0.25) is 14.9 Å². The van der Waals surface area contributed by atoms with E-state index in [4.69, 9.17) is 4.74 Å². The van der Waals surface area contributed by atoms with Crippen molar-refractivity contribution in [2.45, 2.75) is 58.1 Å². The molecule has 0 aromatic heterocycles. The molecule has 8 heteroatoms. The van der Waals surface area contributed by atoms with Gasteiger partial charge < -0.3 is 15.4 Å². The van der Waals surface area contributed by atoms with Crippen molar-refractivity contribution in [3.8, 4) is 0 Å². The second-order valence-corrected chi connectivity index (χ2v) is 6.60. The first-order valence-electron chi connectivity index (χ1n) is 9.05. The lowest BCUT2D eigenvalue weighted by atomic mass is 9.96. The number of urea groups is 1. The monoisotopic (exact) mass is 375 g/mol. The van der Waals surface area contributed by atoms with Crippen LogP contribution in [-0.2, 0) is 14.3 Å². The molecule has 4 amide bonds. The summed E-state index contributed by atoms with van der Waals surface area (Å²) in [6.07, 6.45) is 3.98. The van der Waals surface area contributed by atoms with Crippen LogP contribution in [0, 0.1) is 0 Å². The van der Waals surface area contributed by atoms with Gasteiger partial charge in [0.05, 0.1) is 5.56 Å². The molecule has 0 unspecified atom stereocenters. The van der Waals surface area contributed by atoms with Crippen LogP contribution in [0.4, 0.5) is 10.5 Å². The van der Waals surface area contributed by atoms with Crippen LogP contribution in [0.15, 0.2) is 24.3 Å². The van der Waals surface area contributed by atoms with Gasteiger partial charge in [-0.05, 0) is 44.0 Å². The molecule has 1 aliphatic carbocycles. The van der Waals surface area contributed by atoms with E-state index in [2.05, 4.69) is 16.0 Å². The fraction of sp³-hybridized carbons (Fsp3) is 0.474. The molecular weight excluding hydrogens is 350 g/mol. The predicted molar refractivity (Wildman–Crippen MR) is 99.2 cm³/mol. The number of carbonyl (C=O) groups excluding carboxylic acids is 4. The lowest BCUT2D eigenvalue weighted by molar-refractivity contribution is -0.128. The summed E-state index contributed by atoms with van der Waals surface area (Å²) in [6.45, 7) is 2.78. The summed E-state index contributed by atoms with van der Waals surface area (Å²) in [6, 6.07) is 5.57. The maximum absolute atomic E-state index is 12.1. The first-order chi connectivity index (χ1) is 12.8. The maximum atomic E-state index is 12.1. The van der Waals surface area contributed by atoms with Crippen molar-refractivity contribution in [3.63, 3.8) is 0 Å². The number of hydrogen-bond acceptors (Lipinski definition) is 5. The van der Waals surface area contributed by atoms with Crippen molar-refractivity contribution >= 4 is 29.5 Å². The van der Waals surface area contributed by atoms with Crippen LogP contribution < -0.4 is 16.0 Å². The molecular formula is C19H25N3O5. The molecule has 3 N–H and O–H groups in total. The molecule has 0 spiro atoms. The largest absolute Gasteiger partial charge is 0.449 e. The molecule has 1 aliphatic rings. The minimum atomic E-state index is -1.12. The number of rotatable bonds is 5. The van der Waals surface area contributed by atoms with Crippen molar-refractivity contribution < 1.29 is 23.9 Å². The van der Waals surface area contributed by atoms with Gasteiger partial charge in [-0.2, -0.15) is 0 Å². The van der Waals surface area contributed by atoms with Gasteiger partial charge in [-0.1, -0.05) is 19.3 Å². The number of carbonyl (C=O) groups is 4. The molecule has 146 valence electrons. The van der Waals surface area contributed by atoms with Crippen LogP contribution in [0.25, 0.3) is 0 Å². The Bertz CT molecular complexity index is 696. The molecule has 0 aliphatic heterocycles. The smallest absolute Gasteiger partial charge is 0.338 e. The van der Waals surface area contributed by atoms with Crippen molar-refractivity contribution in [2.24, 2.45) is 0 Å². The van der Waals surface area contributed by atoms with E-state index in [1.165, 1.54) is 26.0 Å². The average molecular weight is 375 g/mol. The van der Waals surface area contributed by atoms with Crippen molar-refractivity contribution in [2.75, 3.05) is 5.32 Å². The number of benzene rings is 1. The van der Waals surface area contributed by atoms with E-state index in [0.717, 1.165) is 32.1 Å². The minimum absolute atomic E-state index is 0.0755. The molecule has 0 saturated heterocycles. The van der Waals surface area contributed by atoms with E-state index < -0.39 is 24.0 Å². The lowest BCUT2D eigenvalue weighted by Crippen LogP contribution is -2.48. The Balaban J connectivity index is 1.81. The van der Waals surface area contributed by atoms with E-state index in [1.54, 1.807) is 12.1 Å². The van der Waals surface area contributed by atoms with Gasteiger partial charge in [-0.15, -0.1) is 0 Å². The van der Waals surface area contributed by atoms with Gasteiger partial charge in [-0.25, -0.2) is 9.59 Å². The van der Waals surface area contributed by atoms with Crippen molar-refractivity contribution in [3.05, 3.63) is 29.8 Å². The molecule has 2 rings (SSSR count). The van der Waals surface area contributed by atoms with Gasteiger partial charge in [0.25, 0.3) is 5.91 Å². The van der Waals surface area contributed by atoms with E-state index in [-0.39, 0.29) is 17.5 Å². The third-order valence-electron chi connectivity index (χ3n) is 4.27. The zero-order chi connectivity index (χ0) is 19.8. The number of amides is 4. The molecule has 1 atom stereocenters. The highest BCUT2D eigenvalue weighted by Gasteiger charge is 2.22. The van der Waals surface area contributed by atoms with E-state index in [1.807, 2.05) is 0 Å². The van der Waals surface area contributed by atoms with Crippen molar-refractivity contribution in [1.82, 2.24) is 10.6 Å². The molecule has 1 saturated carbocycles. The summed E-state index contributed by atoms with van der Waals surface area (Å²) >= 11 is 0. The normalized spacial score (nSPS) is 15.3. The average Bonchev–Trinajstić information content (AvgIpc) is 2.62. The van der Waals surface area contributed by atoms with Crippen LogP contribution in [0.1, 0.15) is 56.3 Å². The van der Waals surface area contributed by atoms with Crippen molar-refractivity contribution in [1.29, 1.82) is 0 Å². The van der Waals surface area contributed by atoms with Crippen LogP contribution in [0.5, 0.6) is 0 Å². The number of esters is 1. The number of ether oxygens (including phenoxy) is 1.